The van der Waals surface area contributed by atoms with E-state index in [-0.39, 0.29) is 0 Å². The first-order valence-electron chi connectivity index (χ1n) is 5.64. The Kier molecular flexibility index (Phi) is 5.19. The van der Waals surface area contributed by atoms with Gasteiger partial charge in [-0.15, -0.1) is 0 Å². The second-order valence-electron chi connectivity index (χ2n) is 4.18. The molecule has 4 nitrogen and oxygen atoms in total. The molecule has 0 aliphatic carbocycles. The number of halogens is 1. The summed E-state index contributed by atoms with van der Waals surface area (Å²) in [7, 11) is -3.15. The van der Waals surface area contributed by atoms with Gasteiger partial charge in [-0.2, -0.15) is 0 Å². The average molecular weight is 336 g/mol. The Morgan fingerprint density at radius 1 is 1.44 bits per heavy atom. The summed E-state index contributed by atoms with van der Waals surface area (Å²) in [6.45, 7) is 4.09. The van der Waals surface area contributed by atoms with Crippen LogP contribution in [0.15, 0.2) is 22.7 Å². The minimum atomic E-state index is -3.15. The minimum absolute atomic E-state index is 0.549. The number of hydrogen-bond acceptors (Lipinski definition) is 4. The van der Waals surface area contributed by atoms with E-state index < -0.39 is 21.1 Å². The SMILES string of the molecule is CCOc1ccc(C(N)C(C)S(C)(=O)=O)cc1Br. The first-order valence-corrected chi connectivity index (χ1v) is 8.38. The lowest BCUT2D eigenvalue weighted by molar-refractivity contribution is 0.338. The number of nitrogens with two attached hydrogens (primary N) is 1. The van der Waals surface area contributed by atoms with Gasteiger partial charge in [0.15, 0.2) is 9.84 Å². The van der Waals surface area contributed by atoms with Crippen molar-refractivity contribution < 1.29 is 13.2 Å². The molecule has 0 spiro atoms. The molecule has 1 rings (SSSR count). The molecule has 0 fully saturated rings. The van der Waals surface area contributed by atoms with Crippen molar-refractivity contribution in [3.8, 4) is 5.75 Å². The molecule has 0 radical (unpaired) electrons. The van der Waals surface area contributed by atoms with Crippen LogP contribution in [0.3, 0.4) is 0 Å². The van der Waals surface area contributed by atoms with Gasteiger partial charge in [-0.1, -0.05) is 6.07 Å². The molecule has 0 aliphatic heterocycles. The Labute approximate surface area is 117 Å². The fraction of sp³-hybridized carbons (Fsp3) is 0.500. The molecule has 6 heteroatoms. The van der Waals surface area contributed by atoms with Crippen LogP contribution in [0.25, 0.3) is 0 Å². The summed E-state index contributed by atoms with van der Waals surface area (Å²) in [4.78, 5) is 0. The molecule has 0 aliphatic rings. The van der Waals surface area contributed by atoms with Gasteiger partial charge in [0.2, 0.25) is 0 Å². The Morgan fingerprint density at radius 2 is 2.06 bits per heavy atom. The smallest absolute Gasteiger partial charge is 0.151 e. The van der Waals surface area contributed by atoms with Crippen LogP contribution in [-0.4, -0.2) is 26.5 Å². The highest BCUT2D eigenvalue weighted by atomic mass is 79.9. The zero-order valence-corrected chi connectivity index (χ0v) is 13.1. The van der Waals surface area contributed by atoms with Crippen LogP contribution in [0.4, 0.5) is 0 Å². The molecule has 2 N–H and O–H groups in total. The summed E-state index contributed by atoms with van der Waals surface area (Å²) in [6.07, 6.45) is 1.20. The van der Waals surface area contributed by atoms with E-state index in [0.717, 1.165) is 15.8 Å². The second kappa shape index (κ2) is 6.04. The maximum absolute atomic E-state index is 11.5. The number of hydrogen-bond donors (Lipinski definition) is 1. The molecule has 0 heterocycles. The molecule has 18 heavy (non-hydrogen) atoms. The van der Waals surface area contributed by atoms with Crippen molar-refractivity contribution >= 4 is 25.8 Å². The van der Waals surface area contributed by atoms with Crippen molar-refractivity contribution in [3.05, 3.63) is 28.2 Å². The predicted molar refractivity (Wildman–Crippen MR) is 76.5 cm³/mol. The molecule has 0 amide bonds. The standard InChI is InChI=1S/C12H18BrNO3S/c1-4-17-11-6-5-9(7-10(11)13)12(14)8(2)18(3,15)16/h5-8,12H,4,14H2,1-3H3. The van der Waals surface area contributed by atoms with Crippen LogP contribution in [0.1, 0.15) is 25.5 Å². The number of rotatable bonds is 5. The molecule has 0 saturated carbocycles. The Hall–Kier alpha value is -0.590. The monoisotopic (exact) mass is 335 g/mol. The molecular weight excluding hydrogens is 318 g/mol. The topological polar surface area (TPSA) is 69.4 Å². The third-order valence-electron chi connectivity index (χ3n) is 2.82. The van der Waals surface area contributed by atoms with E-state index in [4.69, 9.17) is 10.5 Å². The van der Waals surface area contributed by atoms with Crippen LogP contribution >= 0.6 is 15.9 Å². The van der Waals surface area contributed by atoms with Gasteiger partial charge >= 0.3 is 0 Å². The van der Waals surface area contributed by atoms with Gasteiger partial charge in [-0.05, 0) is 47.5 Å². The second-order valence-corrected chi connectivity index (χ2v) is 7.44. The average Bonchev–Trinajstić information content (AvgIpc) is 2.29. The zero-order chi connectivity index (χ0) is 13.9. The van der Waals surface area contributed by atoms with Gasteiger partial charge in [-0.25, -0.2) is 8.42 Å². The lowest BCUT2D eigenvalue weighted by Crippen LogP contribution is -2.30. The fourth-order valence-electron chi connectivity index (χ4n) is 1.53. The molecular formula is C12H18BrNO3S. The van der Waals surface area contributed by atoms with Crippen molar-refractivity contribution in [2.75, 3.05) is 12.9 Å². The lowest BCUT2D eigenvalue weighted by Gasteiger charge is -2.19. The van der Waals surface area contributed by atoms with E-state index in [1.54, 1.807) is 25.1 Å². The molecule has 1 aromatic rings. The first-order chi connectivity index (χ1) is 8.27. The number of benzene rings is 1. The third kappa shape index (κ3) is 3.70. The lowest BCUT2D eigenvalue weighted by atomic mass is 10.1. The van der Waals surface area contributed by atoms with Crippen LogP contribution in [-0.2, 0) is 9.84 Å². The minimum Gasteiger partial charge on any atom is -0.493 e. The van der Waals surface area contributed by atoms with Crippen molar-refractivity contribution in [2.45, 2.75) is 25.1 Å². The van der Waals surface area contributed by atoms with Gasteiger partial charge in [0.25, 0.3) is 0 Å². The summed E-state index contributed by atoms with van der Waals surface area (Å²) in [5, 5.41) is -0.623. The Morgan fingerprint density at radius 3 is 2.50 bits per heavy atom. The van der Waals surface area contributed by atoms with Crippen LogP contribution in [0, 0.1) is 0 Å². The Balaban J connectivity index is 3.01. The van der Waals surface area contributed by atoms with E-state index in [1.807, 2.05) is 6.92 Å². The highest BCUT2D eigenvalue weighted by molar-refractivity contribution is 9.10. The van der Waals surface area contributed by atoms with Gasteiger partial charge in [0, 0.05) is 12.3 Å². The van der Waals surface area contributed by atoms with Crippen molar-refractivity contribution in [3.63, 3.8) is 0 Å². The van der Waals surface area contributed by atoms with E-state index in [9.17, 15) is 8.42 Å². The zero-order valence-electron chi connectivity index (χ0n) is 10.7. The molecule has 0 saturated heterocycles. The molecule has 2 unspecified atom stereocenters. The highest BCUT2D eigenvalue weighted by Crippen LogP contribution is 2.29. The molecule has 0 bridgehead atoms. The predicted octanol–water partition coefficient (Wildman–Crippen LogP) is 2.28. The number of sulfone groups is 1. The fourth-order valence-corrected chi connectivity index (χ4v) is 2.74. The quantitative estimate of drug-likeness (QED) is 0.896. The van der Waals surface area contributed by atoms with E-state index in [2.05, 4.69) is 15.9 Å². The van der Waals surface area contributed by atoms with Gasteiger partial charge < -0.3 is 10.5 Å². The highest BCUT2D eigenvalue weighted by Gasteiger charge is 2.24. The maximum Gasteiger partial charge on any atom is 0.151 e. The summed E-state index contributed by atoms with van der Waals surface area (Å²) in [6, 6.07) is 4.84. The normalized spacial score (nSPS) is 15.2. The van der Waals surface area contributed by atoms with E-state index >= 15 is 0 Å². The van der Waals surface area contributed by atoms with Crippen LogP contribution in [0.2, 0.25) is 0 Å². The van der Waals surface area contributed by atoms with Gasteiger partial charge in [0.05, 0.1) is 16.3 Å². The summed E-state index contributed by atoms with van der Waals surface area (Å²) in [5.74, 6) is 0.723. The molecule has 0 aromatic heterocycles. The summed E-state index contributed by atoms with van der Waals surface area (Å²) < 4.78 is 29.1. The maximum atomic E-state index is 11.5. The summed E-state index contributed by atoms with van der Waals surface area (Å²) >= 11 is 3.39. The molecule has 102 valence electrons. The Bertz CT molecular complexity index is 516. The largest absolute Gasteiger partial charge is 0.493 e. The van der Waals surface area contributed by atoms with Gasteiger partial charge in [-0.3, -0.25) is 0 Å². The van der Waals surface area contributed by atoms with Crippen molar-refractivity contribution in [1.82, 2.24) is 0 Å². The molecule has 1 aromatic carbocycles. The summed E-state index contributed by atoms with van der Waals surface area (Å²) in [5.41, 5.74) is 6.74. The van der Waals surface area contributed by atoms with Crippen LogP contribution in [0.5, 0.6) is 5.75 Å². The number of ether oxygens (including phenoxy) is 1. The van der Waals surface area contributed by atoms with Crippen LogP contribution < -0.4 is 10.5 Å². The van der Waals surface area contributed by atoms with Crippen molar-refractivity contribution in [1.29, 1.82) is 0 Å². The molecule has 2 atom stereocenters. The third-order valence-corrected chi connectivity index (χ3v) is 5.09. The van der Waals surface area contributed by atoms with E-state index in [0.29, 0.717) is 6.61 Å². The van der Waals surface area contributed by atoms with Gasteiger partial charge in [0.1, 0.15) is 5.75 Å². The first kappa shape index (κ1) is 15.5. The van der Waals surface area contributed by atoms with Crippen molar-refractivity contribution in [2.24, 2.45) is 5.73 Å². The van der Waals surface area contributed by atoms with E-state index in [1.165, 1.54) is 6.26 Å².